The molecule has 0 aliphatic carbocycles. The molecule has 6 heteroatoms. The number of rotatable bonds is 9. The molecule has 138 valence electrons. The molecule has 5 nitrogen and oxygen atoms in total. The van der Waals surface area contributed by atoms with Crippen molar-refractivity contribution >= 4 is 34.8 Å². The number of methoxy groups -OCH3 is 1. The van der Waals surface area contributed by atoms with E-state index in [1.165, 1.54) is 6.92 Å². The van der Waals surface area contributed by atoms with Crippen LogP contribution in [0.15, 0.2) is 11.6 Å². The SMILES string of the molecule is CCc1c(C)c(OC)c(C/C=C(\C)CCC(=O)O)c(OI)c1C(C)=O. The number of halogens is 1. The summed E-state index contributed by atoms with van der Waals surface area (Å²) in [4.78, 5) is 22.9. The normalized spacial score (nSPS) is 11.4. The highest BCUT2D eigenvalue weighted by Crippen LogP contribution is 2.41. The molecule has 0 aliphatic rings. The summed E-state index contributed by atoms with van der Waals surface area (Å²) < 4.78 is 11.2. The van der Waals surface area contributed by atoms with E-state index < -0.39 is 5.97 Å². The summed E-state index contributed by atoms with van der Waals surface area (Å²) in [6.07, 6.45) is 3.77. The fourth-order valence-corrected chi connectivity index (χ4v) is 3.47. The van der Waals surface area contributed by atoms with Crippen molar-refractivity contribution < 1.29 is 22.5 Å². The van der Waals surface area contributed by atoms with Gasteiger partial charge in [0.2, 0.25) is 0 Å². The van der Waals surface area contributed by atoms with Crippen molar-refractivity contribution in [3.63, 3.8) is 0 Å². The number of carboxylic acids is 1. The van der Waals surface area contributed by atoms with Gasteiger partial charge < -0.3 is 12.9 Å². The number of ether oxygens (including phenoxy) is 1. The number of aliphatic carboxylic acids is 1. The van der Waals surface area contributed by atoms with Gasteiger partial charge in [-0.3, -0.25) is 9.59 Å². The Morgan fingerprint density at radius 2 is 1.80 bits per heavy atom. The van der Waals surface area contributed by atoms with Gasteiger partial charge in [0.1, 0.15) is 5.75 Å². The Kier molecular flexibility index (Phi) is 8.41. The van der Waals surface area contributed by atoms with E-state index in [4.69, 9.17) is 12.9 Å². The lowest BCUT2D eigenvalue weighted by Gasteiger charge is -2.21. The van der Waals surface area contributed by atoms with Crippen molar-refractivity contribution in [2.24, 2.45) is 0 Å². The molecule has 0 unspecified atom stereocenters. The second kappa shape index (κ2) is 9.79. The average Bonchev–Trinajstić information content (AvgIpc) is 2.56. The summed E-state index contributed by atoms with van der Waals surface area (Å²) in [6, 6.07) is 0. The first-order chi connectivity index (χ1) is 11.8. The van der Waals surface area contributed by atoms with Crippen molar-refractivity contribution in [1.29, 1.82) is 0 Å². The van der Waals surface area contributed by atoms with Gasteiger partial charge in [-0.1, -0.05) is 18.6 Å². The van der Waals surface area contributed by atoms with Crippen LogP contribution in [-0.4, -0.2) is 24.0 Å². The second-order valence-electron chi connectivity index (χ2n) is 5.95. The Hall–Kier alpha value is -1.57. The molecule has 1 aromatic carbocycles. The molecule has 0 amide bonds. The molecule has 0 saturated heterocycles. The standard InChI is InChI=1S/C19H25IO5/c1-6-14-12(3)18(24-5)15(19(25-20)17(14)13(4)21)9-7-11(2)8-10-16(22)23/h7H,6,8-10H2,1-5H3,(H,22,23)/b11-7+. The number of benzene rings is 1. The van der Waals surface area contributed by atoms with E-state index >= 15 is 0 Å². The van der Waals surface area contributed by atoms with E-state index in [1.54, 1.807) is 30.1 Å². The van der Waals surface area contributed by atoms with E-state index in [-0.39, 0.29) is 12.2 Å². The monoisotopic (exact) mass is 460 g/mol. The van der Waals surface area contributed by atoms with Gasteiger partial charge in [-0.05, 0) is 51.2 Å². The minimum atomic E-state index is -0.816. The Morgan fingerprint density at radius 1 is 1.16 bits per heavy atom. The third-order valence-electron chi connectivity index (χ3n) is 4.25. The Morgan fingerprint density at radius 3 is 2.24 bits per heavy atom. The van der Waals surface area contributed by atoms with Crippen LogP contribution in [0.25, 0.3) is 0 Å². The Labute approximate surface area is 163 Å². The zero-order chi connectivity index (χ0) is 19.1. The van der Waals surface area contributed by atoms with Crippen LogP contribution in [0.2, 0.25) is 0 Å². The average molecular weight is 460 g/mol. The van der Waals surface area contributed by atoms with Crippen LogP contribution in [0.1, 0.15) is 60.7 Å². The van der Waals surface area contributed by atoms with Crippen LogP contribution in [0.3, 0.4) is 0 Å². The van der Waals surface area contributed by atoms with Crippen LogP contribution < -0.4 is 7.80 Å². The Bertz CT molecular complexity index is 692. The fourth-order valence-electron chi connectivity index (χ4n) is 2.99. The maximum absolute atomic E-state index is 12.2. The molecule has 0 bridgehead atoms. The molecule has 1 aromatic rings. The molecule has 0 fully saturated rings. The first-order valence-corrected chi connectivity index (χ1v) is 9.05. The zero-order valence-corrected chi connectivity index (χ0v) is 17.5. The molecule has 1 N–H and O–H groups in total. The smallest absolute Gasteiger partial charge is 0.303 e. The number of hydrogen-bond donors (Lipinski definition) is 1. The van der Waals surface area contributed by atoms with Crippen LogP contribution in [0.4, 0.5) is 0 Å². The molecule has 0 aromatic heterocycles. The van der Waals surface area contributed by atoms with Crippen LogP contribution in [-0.2, 0) is 17.6 Å². The first-order valence-electron chi connectivity index (χ1n) is 8.17. The van der Waals surface area contributed by atoms with Gasteiger partial charge in [-0.25, -0.2) is 0 Å². The maximum Gasteiger partial charge on any atom is 0.303 e. The molecule has 1 rings (SSSR count). The molecule has 0 saturated carbocycles. The molecule has 0 atom stereocenters. The van der Waals surface area contributed by atoms with Crippen molar-refractivity contribution in [3.8, 4) is 11.5 Å². The quantitative estimate of drug-likeness (QED) is 0.324. The predicted molar refractivity (Wildman–Crippen MR) is 106 cm³/mol. The first kappa shape index (κ1) is 21.5. The third-order valence-corrected chi connectivity index (χ3v) is 4.69. The van der Waals surface area contributed by atoms with Gasteiger partial charge in [-0.2, -0.15) is 0 Å². The maximum atomic E-state index is 12.2. The second-order valence-corrected chi connectivity index (χ2v) is 6.40. The van der Waals surface area contributed by atoms with Gasteiger partial charge in [-0.15, -0.1) is 0 Å². The van der Waals surface area contributed by atoms with E-state index in [0.717, 1.165) is 28.0 Å². The molecule has 0 aliphatic heterocycles. The molecule has 0 spiro atoms. The van der Waals surface area contributed by atoms with Crippen LogP contribution in [0.5, 0.6) is 11.5 Å². The number of allylic oxidation sites excluding steroid dienone is 2. The lowest BCUT2D eigenvalue weighted by atomic mass is 9.90. The fraction of sp³-hybridized carbons (Fsp3) is 0.474. The molecule has 0 heterocycles. The summed E-state index contributed by atoms with van der Waals surface area (Å²) in [6.45, 7) is 7.39. The number of Topliss-reactive ketones (excluding diaryl/α,β-unsaturated/α-hetero) is 1. The molecule has 25 heavy (non-hydrogen) atoms. The summed E-state index contributed by atoms with van der Waals surface area (Å²) in [5.74, 6) is 0.399. The lowest BCUT2D eigenvalue weighted by Crippen LogP contribution is -2.09. The minimum absolute atomic E-state index is 0.0397. The van der Waals surface area contributed by atoms with Crippen molar-refractivity contribution in [2.45, 2.75) is 53.4 Å². The topological polar surface area (TPSA) is 72.8 Å². The largest absolute Gasteiger partial charge is 0.496 e. The third kappa shape index (κ3) is 5.20. The highest BCUT2D eigenvalue weighted by molar-refractivity contribution is 14.1. The Balaban J connectivity index is 3.45. The van der Waals surface area contributed by atoms with E-state index in [0.29, 0.717) is 30.6 Å². The highest BCUT2D eigenvalue weighted by Gasteiger charge is 2.24. The highest BCUT2D eigenvalue weighted by atomic mass is 127. The summed E-state index contributed by atoms with van der Waals surface area (Å²) in [5.41, 5.74) is 4.27. The van der Waals surface area contributed by atoms with E-state index in [2.05, 4.69) is 0 Å². The summed E-state index contributed by atoms with van der Waals surface area (Å²) in [7, 11) is 1.61. The van der Waals surface area contributed by atoms with E-state index in [9.17, 15) is 9.59 Å². The zero-order valence-electron chi connectivity index (χ0n) is 15.4. The van der Waals surface area contributed by atoms with Gasteiger partial charge in [0.15, 0.2) is 34.5 Å². The molecular formula is C19H25IO5. The predicted octanol–water partition coefficient (Wildman–Crippen LogP) is 4.85. The molecular weight excluding hydrogens is 435 g/mol. The summed E-state index contributed by atoms with van der Waals surface area (Å²) >= 11 is 1.79. The minimum Gasteiger partial charge on any atom is -0.496 e. The van der Waals surface area contributed by atoms with Crippen LogP contribution >= 0.6 is 23.0 Å². The van der Waals surface area contributed by atoms with E-state index in [1.807, 2.05) is 26.8 Å². The van der Waals surface area contributed by atoms with Gasteiger partial charge in [0, 0.05) is 12.0 Å². The van der Waals surface area contributed by atoms with Crippen molar-refractivity contribution in [2.75, 3.05) is 7.11 Å². The van der Waals surface area contributed by atoms with Gasteiger partial charge >= 0.3 is 5.97 Å². The number of carbonyl (C=O) groups is 2. The van der Waals surface area contributed by atoms with Crippen molar-refractivity contribution in [1.82, 2.24) is 0 Å². The van der Waals surface area contributed by atoms with Gasteiger partial charge in [0.05, 0.1) is 12.7 Å². The number of ketones is 1. The lowest BCUT2D eigenvalue weighted by molar-refractivity contribution is -0.136. The van der Waals surface area contributed by atoms with Crippen LogP contribution in [0, 0.1) is 6.92 Å². The number of hydrogen-bond acceptors (Lipinski definition) is 4. The number of carboxylic acid groups (broad SMARTS) is 1. The molecule has 0 radical (unpaired) electrons. The van der Waals surface area contributed by atoms with Crippen molar-refractivity contribution in [3.05, 3.63) is 33.9 Å². The van der Waals surface area contributed by atoms with Gasteiger partial charge in [0.25, 0.3) is 0 Å². The number of carbonyl (C=O) groups excluding carboxylic acids is 1. The summed E-state index contributed by atoms with van der Waals surface area (Å²) in [5, 5.41) is 8.80.